The number of nitrogens with two attached hydrogens (primary N) is 1. The van der Waals surface area contributed by atoms with Crippen molar-refractivity contribution >= 4 is 34.4 Å². The minimum Gasteiger partial charge on any atom is -0.463 e. The van der Waals surface area contributed by atoms with Gasteiger partial charge in [0.25, 0.3) is 5.91 Å². The lowest BCUT2D eigenvalue weighted by atomic mass is 10.1. The average molecular weight is 429 g/mol. The number of nitrogens with one attached hydrogen (secondary N) is 1. The number of amides is 2. The van der Waals surface area contributed by atoms with Crippen molar-refractivity contribution in [3.8, 4) is 11.5 Å². The molecule has 2 aromatic carbocycles. The molecule has 0 bridgehead atoms. The van der Waals surface area contributed by atoms with Gasteiger partial charge in [-0.1, -0.05) is 18.2 Å². The Hall–Kier alpha value is -4.46. The number of aromatic nitrogens is 1. The summed E-state index contributed by atoms with van der Waals surface area (Å²) in [7, 11) is 0. The fourth-order valence-corrected chi connectivity index (χ4v) is 3.13. The predicted octanol–water partition coefficient (Wildman–Crippen LogP) is 3.78. The Bertz CT molecular complexity index is 1300. The molecule has 2 aromatic heterocycles. The van der Waals surface area contributed by atoms with Crippen molar-refractivity contribution < 1.29 is 23.5 Å². The molecule has 0 radical (unpaired) electrons. The molecule has 8 nitrogen and oxygen atoms in total. The summed E-state index contributed by atoms with van der Waals surface area (Å²) in [5.41, 5.74) is 7.32. The minimum atomic E-state index is -1.07. The molecular formula is C24H19N3O5. The quantitative estimate of drug-likeness (QED) is 0.450. The van der Waals surface area contributed by atoms with Gasteiger partial charge in [0.15, 0.2) is 11.9 Å². The maximum Gasteiger partial charge on any atom is 0.339 e. The van der Waals surface area contributed by atoms with Crippen molar-refractivity contribution in [2.75, 3.05) is 5.32 Å². The Morgan fingerprint density at radius 2 is 1.78 bits per heavy atom. The normalized spacial score (nSPS) is 11.7. The second-order valence-electron chi connectivity index (χ2n) is 7.03. The van der Waals surface area contributed by atoms with Crippen molar-refractivity contribution in [2.45, 2.75) is 13.0 Å². The number of carbonyl (C=O) groups excluding carboxylic acids is 3. The Labute approximate surface area is 183 Å². The Morgan fingerprint density at radius 3 is 2.47 bits per heavy atom. The smallest absolute Gasteiger partial charge is 0.339 e. The zero-order chi connectivity index (χ0) is 22.7. The first-order valence-electron chi connectivity index (χ1n) is 9.78. The molecule has 8 heteroatoms. The molecule has 0 spiro atoms. The molecule has 0 aliphatic heterocycles. The Kier molecular flexibility index (Phi) is 5.67. The van der Waals surface area contributed by atoms with Crippen molar-refractivity contribution in [2.24, 2.45) is 5.73 Å². The first kappa shape index (κ1) is 20.8. The number of furan rings is 1. The third-order valence-corrected chi connectivity index (χ3v) is 4.80. The van der Waals surface area contributed by atoms with E-state index >= 15 is 0 Å². The topological polar surface area (TPSA) is 125 Å². The van der Waals surface area contributed by atoms with Gasteiger partial charge >= 0.3 is 5.97 Å². The summed E-state index contributed by atoms with van der Waals surface area (Å²) in [6, 6.07) is 18.3. The number of primary amides is 1. The van der Waals surface area contributed by atoms with Gasteiger partial charge in [-0.05, 0) is 55.5 Å². The lowest BCUT2D eigenvalue weighted by molar-refractivity contribution is -0.123. The van der Waals surface area contributed by atoms with Crippen molar-refractivity contribution in [3.05, 3.63) is 84.1 Å². The number of benzene rings is 2. The maximum atomic E-state index is 13.0. The van der Waals surface area contributed by atoms with Crippen LogP contribution in [0.5, 0.6) is 0 Å². The summed E-state index contributed by atoms with van der Waals surface area (Å²) in [6.07, 6.45) is 0.448. The predicted molar refractivity (Wildman–Crippen MR) is 118 cm³/mol. The van der Waals surface area contributed by atoms with Crippen LogP contribution in [0.25, 0.3) is 22.4 Å². The van der Waals surface area contributed by atoms with Gasteiger partial charge < -0.3 is 20.2 Å². The summed E-state index contributed by atoms with van der Waals surface area (Å²) in [5, 5.41) is 3.24. The van der Waals surface area contributed by atoms with Gasteiger partial charge in [0.05, 0.1) is 17.3 Å². The van der Waals surface area contributed by atoms with Crippen LogP contribution in [-0.4, -0.2) is 28.9 Å². The highest BCUT2D eigenvalue weighted by Gasteiger charge is 2.22. The number of nitrogens with zero attached hydrogens (tertiary/aromatic N) is 1. The minimum absolute atomic E-state index is 0.271. The van der Waals surface area contributed by atoms with E-state index in [9.17, 15) is 14.4 Å². The molecule has 1 atom stereocenters. The molecule has 2 amide bonds. The number of para-hydroxylation sites is 1. The summed E-state index contributed by atoms with van der Waals surface area (Å²) >= 11 is 0. The lowest BCUT2D eigenvalue weighted by Crippen LogP contribution is -2.30. The summed E-state index contributed by atoms with van der Waals surface area (Å²) in [6.45, 7) is 1.47. The Morgan fingerprint density at radius 1 is 1.03 bits per heavy atom. The van der Waals surface area contributed by atoms with Crippen LogP contribution in [0.15, 0.2) is 77.4 Å². The van der Waals surface area contributed by atoms with E-state index in [1.54, 1.807) is 48.5 Å². The van der Waals surface area contributed by atoms with E-state index in [1.165, 1.54) is 25.3 Å². The fourth-order valence-electron chi connectivity index (χ4n) is 3.13. The largest absolute Gasteiger partial charge is 0.463 e. The molecule has 4 rings (SSSR count). The molecule has 160 valence electrons. The molecule has 0 saturated heterocycles. The molecule has 0 saturated carbocycles. The van der Waals surface area contributed by atoms with E-state index in [1.807, 2.05) is 6.07 Å². The zero-order valence-electron chi connectivity index (χ0n) is 17.1. The lowest BCUT2D eigenvalue weighted by Gasteiger charge is -2.15. The van der Waals surface area contributed by atoms with Gasteiger partial charge in [-0.25, -0.2) is 9.78 Å². The monoisotopic (exact) mass is 429 g/mol. The number of rotatable bonds is 6. The van der Waals surface area contributed by atoms with E-state index in [4.69, 9.17) is 14.9 Å². The van der Waals surface area contributed by atoms with Crippen LogP contribution in [0.1, 0.15) is 27.6 Å². The van der Waals surface area contributed by atoms with Crippen molar-refractivity contribution in [1.82, 2.24) is 4.98 Å². The summed E-state index contributed by atoms with van der Waals surface area (Å²) < 4.78 is 10.8. The van der Waals surface area contributed by atoms with E-state index < -0.39 is 23.9 Å². The second-order valence-corrected chi connectivity index (χ2v) is 7.03. The molecule has 1 unspecified atom stereocenters. The molecule has 0 aliphatic rings. The van der Waals surface area contributed by atoms with Gasteiger partial charge in [0.2, 0.25) is 5.91 Å². The Balaban J connectivity index is 1.54. The van der Waals surface area contributed by atoms with Crippen LogP contribution < -0.4 is 11.1 Å². The first-order chi connectivity index (χ1) is 15.4. The number of anilines is 1. The van der Waals surface area contributed by atoms with E-state index in [0.717, 1.165) is 0 Å². The van der Waals surface area contributed by atoms with Crippen molar-refractivity contribution in [1.29, 1.82) is 0 Å². The first-order valence-corrected chi connectivity index (χ1v) is 9.78. The van der Waals surface area contributed by atoms with Crippen LogP contribution in [0.2, 0.25) is 0 Å². The number of esters is 1. The van der Waals surface area contributed by atoms with Gasteiger partial charge in [-0.3, -0.25) is 9.59 Å². The van der Waals surface area contributed by atoms with Crippen LogP contribution in [0.4, 0.5) is 5.69 Å². The zero-order valence-corrected chi connectivity index (χ0v) is 17.1. The number of carbonyl (C=O) groups is 3. The van der Waals surface area contributed by atoms with Crippen LogP contribution >= 0.6 is 0 Å². The molecule has 0 fully saturated rings. The van der Waals surface area contributed by atoms with Crippen LogP contribution in [0.3, 0.4) is 0 Å². The maximum absolute atomic E-state index is 13.0. The van der Waals surface area contributed by atoms with Crippen LogP contribution in [-0.2, 0) is 9.53 Å². The SMILES string of the molecule is CC(OC(=O)c1cc(-c2ccco2)nc2ccccc12)C(=O)Nc1ccc(C(N)=O)cc1. The van der Waals surface area contributed by atoms with Gasteiger partial charge in [0, 0.05) is 16.6 Å². The molecular weight excluding hydrogens is 410 g/mol. The highest BCUT2D eigenvalue weighted by Crippen LogP contribution is 2.26. The number of fused-ring (bicyclic) bond motifs is 1. The summed E-state index contributed by atoms with van der Waals surface area (Å²) in [4.78, 5) is 41.2. The number of hydrogen-bond acceptors (Lipinski definition) is 6. The van der Waals surface area contributed by atoms with E-state index in [2.05, 4.69) is 10.3 Å². The highest BCUT2D eigenvalue weighted by atomic mass is 16.5. The number of pyridine rings is 1. The highest BCUT2D eigenvalue weighted by molar-refractivity contribution is 6.06. The number of ether oxygens (including phenoxy) is 1. The van der Waals surface area contributed by atoms with Gasteiger partial charge in [-0.2, -0.15) is 0 Å². The van der Waals surface area contributed by atoms with Crippen LogP contribution in [0, 0.1) is 0 Å². The molecule has 2 heterocycles. The molecule has 3 N–H and O–H groups in total. The molecule has 32 heavy (non-hydrogen) atoms. The van der Waals surface area contributed by atoms with Gasteiger partial charge in [0.1, 0.15) is 5.69 Å². The third-order valence-electron chi connectivity index (χ3n) is 4.80. The van der Waals surface area contributed by atoms with Gasteiger partial charge in [-0.15, -0.1) is 0 Å². The third kappa shape index (κ3) is 4.34. The number of hydrogen-bond donors (Lipinski definition) is 2. The summed E-state index contributed by atoms with van der Waals surface area (Å²) in [5.74, 6) is -1.24. The standard InChI is InChI=1S/C24H19N3O5/c1-14(23(29)26-16-10-8-15(9-11-16)22(25)28)32-24(30)18-13-20(21-7-4-12-31-21)27-19-6-3-2-5-17(18)19/h2-14H,1H3,(H2,25,28)(H,26,29). The van der Waals surface area contributed by atoms with Crippen molar-refractivity contribution in [3.63, 3.8) is 0 Å². The van der Waals surface area contributed by atoms with E-state index in [0.29, 0.717) is 33.6 Å². The van der Waals surface area contributed by atoms with E-state index in [-0.39, 0.29) is 5.56 Å². The molecule has 0 aliphatic carbocycles. The second kappa shape index (κ2) is 8.73. The average Bonchev–Trinajstić information content (AvgIpc) is 3.33. The fraction of sp³-hybridized carbons (Fsp3) is 0.0833. The molecule has 4 aromatic rings.